The van der Waals surface area contributed by atoms with Gasteiger partial charge in [-0.05, 0) is 203 Å². The van der Waals surface area contributed by atoms with E-state index < -0.39 is 0 Å². The molecule has 0 bridgehead atoms. The van der Waals surface area contributed by atoms with Crippen LogP contribution in [0.4, 0.5) is 68.2 Å². The van der Waals surface area contributed by atoms with Gasteiger partial charge in [-0.25, -0.2) is 0 Å². The van der Waals surface area contributed by atoms with Crippen LogP contribution in [0, 0.1) is 13.8 Å². The molecule has 0 spiro atoms. The highest BCUT2D eigenvalue weighted by Crippen LogP contribution is 2.42. The lowest BCUT2D eigenvalue weighted by atomic mass is 10.0. The van der Waals surface area contributed by atoms with Crippen LogP contribution in [0.15, 0.2) is 352 Å². The predicted octanol–water partition coefficient (Wildman–Crippen LogP) is 23.5. The minimum atomic E-state index is 1.12. The predicted molar refractivity (Wildman–Crippen MR) is 367 cm³/mol. The zero-order valence-corrected chi connectivity index (χ0v) is 48.3. The van der Waals surface area contributed by atoms with E-state index in [4.69, 9.17) is 0 Å². The molecule has 0 aliphatic rings. The van der Waals surface area contributed by atoms with Crippen molar-refractivity contribution >= 4 is 89.8 Å². The third-order valence-electron chi connectivity index (χ3n) is 15.8. The second kappa shape index (κ2) is 25.1. The zero-order valence-electron chi connectivity index (χ0n) is 48.3. The number of hydrogen-bond donors (Lipinski definition) is 0. The molecule has 14 aromatic rings. The highest BCUT2D eigenvalue weighted by atomic mass is 15.2. The first kappa shape index (κ1) is 54.1. The molecule has 0 fully saturated rings. The van der Waals surface area contributed by atoms with Crippen molar-refractivity contribution in [2.75, 3.05) is 19.6 Å². The van der Waals surface area contributed by atoms with E-state index in [2.05, 4.69) is 385 Å². The van der Waals surface area contributed by atoms with E-state index in [0.29, 0.717) is 0 Å². The average molecular weight is 1110 g/mol. The van der Waals surface area contributed by atoms with Crippen molar-refractivity contribution in [1.29, 1.82) is 0 Å². The summed E-state index contributed by atoms with van der Waals surface area (Å²) in [5, 5.41) is 4.94. The van der Waals surface area contributed by atoms with Crippen molar-refractivity contribution in [2.45, 2.75) is 13.8 Å². The molecule has 86 heavy (non-hydrogen) atoms. The molecule has 0 saturated carbocycles. The lowest BCUT2D eigenvalue weighted by molar-refractivity contribution is 1.27. The van der Waals surface area contributed by atoms with Crippen molar-refractivity contribution in [3.8, 4) is 22.3 Å². The first-order valence-corrected chi connectivity index (χ1v) is 29.4. The lowest BCUT2D eigenvalue weighted by Crippen LogP contribution is -2.10. The molecule has 4 heteroatoms. The number of benzene rings is 14. The summed E-state index contributed by atoms with van der Waals surface area (Å²) in [6.07, 6.45) is 0. The van der Waals surface area contributed by atoms with Crippen molar-refractivity contribution < 1.29 is 0 Å². The van der Waals surface area contributed by atoms with Crippen LogP contribution < -0.4 is 19.6 Å². The third kappa shape index (κ3) is 12.0. The minimum Gasteiger partial charge on any atom is -0.311 e. The molecular weight excluding hydrogens is 1040 g/mol. The molecule has 0 unspecified atom stereocenters. The number of aryl methyl sites for hydroxylation is 2. The topological polar surface area (TPSA) is 13.0 Å². The number of para-hydroxylation sites is 4. The van der Waals surface area contributed by atoms with Crippen LogP contribution in [0.1, 0.15) is 11.1 Å². The number of hydrogen-bond acceptors (Lipinski definition) is 4. The SMILES string of the molecule is Cc1ccc(N(c2ccccc2)c2ccc(-c3ccc(N(c4ccccc4)c4ccc(C)cc4)cc3)cc2)cc1.c1ccc(N(c2ccc(-c3ccc(N(c4ccccc4)c4ccc5ccccc5c4)cc3)cc2)c2ccc3ccccc3c2)cc1. The van der Waals surface area contributed by atoms with Crippen LogP contribution >= 0.6 is 0 Å². The Kier molecular flexibility index (Phi) is 15.8. The maximum absolute atomic E-state index is 2.32. The fraction of sp³-hybridized carbons (Fsp3) is 0.0244. The van der Waals surface area contributed by atoms with Gasteiger partial charge in [-0.15, -0.1) is 0 Å². The summed E-state index contributed by atoms with van der Waals surface area (Å²) in [5.41, 5.74) is 20.8. The fourth-order valence-electron chi connectivity index (χ4n) is 11.3. The van der Waals surface area contributed by atoms with Gasteiger partial charge in [0.2, 0.25) is 0 Å². The average Bonchev–Trinajstić information content (AvgIpc) is 2.49. The van der Waals surface area contributed by atoms with Gasteiger partial charge in [-0.2, -0.15) is 0 Å². The van der Waals surface area contributed by atoms with Crippen LogP contribution in [0.3, 0.4) is 0 Å². The molecule has 14 aromatic carbocycles. The van der Waals surface area contributed by atoms with Crippen molar-refractivity contribution in [3.63, 3.8) is 0 Å². The first-order chi connectivity index (χ1) is 42.5. The smallest absolute Gasteiger partial charge is 0.0468 e. The van der Waals surface area contributed by atoms with E-state index in [1.807, 2.05) is 0 Å². The largest absolute Gasteiger partial charge is 0.311 e. The second-order valence-corrected chi connectivity index (χ2v) is 21.6. The van der Waals surface area contributed by atoms with E-state index in [1.54, 1.807) is 0 Å². The fourth-order valence-corrected chi connectivity index (χ4v) is 11.3. The minimum absolute atomic E-state index is 1.12. The summed E-state index contributed by atoms with van der Waals surface area (Å²) in [6, 6.07) is 125. The summed E-state index contributed by atoms with van der Waals surface area (Å²) in [5.74, 6) is 0. The van der Waals surface area contributed by atoms with Gasteiger partial charge in [0.1, 0.15) is 0 Å². The first-order valence-electron chi connectivity index (χ1n) is 29.4. The van der Waals surface area contributed by atoms with Gasteiger partial charge >= 0.3 is 0 Å². The third-order valence-corrected chi connectivity index (χ3v) is 15.8. The van der Waals surface area contributed by atoms with Gasteiger partial charge in [0.05, 0.1) is 0 Å². The molecule has 0 aromatic heterocycles. The molecule has 14 rings (SSSR count). The lowest BCUT2D eigenvalue weighted by Gasteiger charge is -2.26. The number of anilines is 12. The number of nitrogens with zero attached hydrogens (tertiary/aromatic N) is 4. The summed E-state index contributed by atoms with van der Waals surface area (Å²) < 4.78 is 0. The van der Waals surface area contributed by atoms with E-state index in [0.717, 1.165) is 68.2 Å². The highest BCUT2D eigenvalue weighted by molar-refractivity contribution is 5.91. The quantitative estimate of drug-likeness (QED) is 0.108. The zero-order chi connectivity index (χ0) is 58.0. The maximum atomic E-state index is 2.32. The summed E-state index contributed by atoms with van der Waals surface area (Å²) in [7, 11) is 0. The molecule has 0 heterocycles. The van der Waals surface area contributed by atoms with Crippen LogP contribution in [0.25, 0.3) is 43.8 Å². The van der Waals surface area contributed by atoms with Crippen molar-refractivity contribution in [2.24, 2.45) is 0 Å². The van der Waals surface area contributed by atoms with Gasteiger partial charge in [0.25, 0.3) is 0 Å². The Balaban J connectivity index is 0.000000161. The second-order valence-electron chi connectivity index (χ2n) is 21.6. The molecule has 0 atom stereocenters. The molecule has 0 aliphatic carbocycles. The molecule has 0 radical (unpaired) electrons. The van der Waals surface area contributed by atoms with Gasteiger partial charge in [0, 0.05) is 68.2 Å². The normalized spacial score (nSPS) is 10.9. The summed E-state index contributed by atoms with van der Waals surface area (Å²) >= 11 is 0. The molecule has 4 nitrogen and oxygen atoms in total. The van der Waals surface area contributed by atoms with Crippen LogP contribution in [-0.4, -0.2) is 0 Å². The Morgan fingerprint density at radius 1 is 0.151 bits per heavy atom. The molecule has 0 amide bonds. The van der Waals surface area contributed by atoms with Crippen LogP contribution in [0.5, 0.6) is 0 Å². The van der Waals surface area contributed by atoms with Gasteiger partial charge in [0.15, 0.2) is 0 Å². The van der Waals surface area contributed by atoms with Crippen LogP contribution in [0.2, 0.25) is 0 Å². The number of rotatable bonds is 14. The Labute approximate surface area is 505 Å². The Hall–Kier alpha value is -11.2. The van der Waals surface area contributed by atoms with Gasteiger partial charge < -0.3 is 19.6 Å². The maximum Gasteiger partial charge on any atom is 0.0468 e. The van der Waals surface area contributed by atoms with E-state index in [9.17, 15) is 0 Å². The monoisotopic (exact) mass is 1100 g/mol. The Morgan fingerprint density at radius 3 is 0.593 bits per heavy atom. The van der Waals surface area contributed by atoms with Gasteiger partial charge in [-0.1, -0.05) is 217 Å². The van der Waals surface area contributed by atoms with E-state index >= 15 is 0 Å². The highest BCUT2D eigenvalue weighted by Gasteiger charge is 2.18. The van der Waals surface area contributed by atoms with E-state index in [-0.39, 0.29) is 0 Å². The molecular formula is C82H64N4. The number of fused-ring (bicyclic) bond motifs is 2. The van der Waals surface area contributed by atoms with Gasteiger partial charge in [-0.3, -0.25) is 0 Å². The van der Waals surface area contributed by atoms with Crippen molar-refractivity contribution in [1.82, 2.24) is 0 Å². The Bertz CT molecular complexity index is 4180. The molecule has 0 aliphatic heterocycles. The van der Waals surface area contributed by atoms with Crippen LogP contribution in [-0.2, 0) is 0 Å². The van der Waals surface area contributed by atoms with Crippen molar-refractivity contribution in [3.05, 3.63) is 363 Å². The summed E-state index contributed by atoms with van der Waals surface area (Å²) in [6.45, 7) is 4.24. The van der Waals surface area contributed by atoms with E-state index in [1.165, 1.54) is 54.9 Å². The molecule has 0 saturated heterocycles. The molecule has 412 valence electrons. The summed E-state index contributed by atoms with van der Waals surface area (Å²) in [4.78, 5) is 9.23. The Morgan fingerprint density at radius 2 is 0.337 bits per heavy atom. The molecule has 0 N–H and O–H groups in total. The standard InChI is InChI=1S/C44H32N2.C38H32N2/c1-3-15-39(16-4-1)45(43-29-23-33-11-7-9-13-37(33)31-43)41-25-19-35(20-26-41)36-21-27-42(28-22-36)46(40-17-5-2-6-18-40)44-30-24-34-12-8-10-14-38(34)32-44;1-29-13-21-35(22-14-29)39(33-9-5-3-6-10-33)37-25-17-31(18-26-37)32-19-27-38(28-20-32)40(34-11-7-4-8-12-34)36-23-15-30(2)16-24-36/h1-32H;3-28H,1-2H3.